The first-order valence-electron chi connectivity index (χ1n) is 6.54. The molecule has 0 bridgehead atoms. The molecule has 0 aliphatic heterocycles. The molecule has 0 saturated heterocycles. The van der Waals surface area contributed by atoms with Crippen molar-refractivity contribution >= 4 is 11.8 Å². The fourth-order valence-electron chi connectivity index (χ4n) is 2.09. The predicted molar refractivity (Wildman–Crippen MR) is 86.3 cm³/mol. The van der Waals surface area contributed by atoms with E-state index in [1.165, 1.54) is 11.8 Å². The average Bonchev–Trinajstić information content (AvgIpc) is 2.55. The smallest absolute Gasteiger partial charge is 0.188 e. The molecule has 3 rings (SSSR count). The summed E-state index contributed by atoms with van der Waals surface area (Å²) in [6.45, 7) is 0. The molecule has 3 aromatic rings. The molecule has 21 heavy (non-hydrogen) atoms. The van der Waals surface area contributed by atoms with E-state index in [4.69, 9.17) is 0 Å². The standard InChI is InChI=1S/C17H14N2OS/c1-21-17-18-15(12-6-3-2-4-7-12)11-16(19-17)13-8-5-9-14(20)10-13/h2-11,20H,1H3. The zero-order chi connectivity index (χ0) is 14.7. The van der Waals surface area contributed by atoms with Crippen LogP contribution in [0.5, 0.6) is 5.75 Å². The van der Waals surface area contributed by atoms with Gasteiger partial charge in [0.25, 0.3) is 0 Å². The summed E-state index contributed by atoms with van der Waals surface area (Å²) in [6.07, 6.45) is 1.95. The number of thioether (sulfide) groups is 1. The highest BCUT2D eigenvalue weighted by Crippen LogP contribution is 2.27. The maximum absolute atomic E-state index is 9.64. The highest BCUT2D eigenvalue weighted by Gasteiger charge is 2.08. The lowest BCUT2D eigenvalue weighted by Crippen LogP contribution is -1.93. The van der Waals surface area contributed by atoms with Gasteiger partial charge in [0.15, 0.2) is 5.16 Å². The van der Waals surface area contributed by atoms with Crippen molar-refractivity contribution in [2.24, 2.45) is 0 Å². The van der Waals surface area contributed by atoms with Crippen molar-refractivity contribution in [3.63, 3.8) is 0 Å². The fourth-order valence-corrected chi connectivity index (χ4v) is 2.47. The third kappa shape index (κ3) is 3.06. The Morgan fingerprint density at radius 2 is 1.48 bits per heavy atom. The monoisotopic (exact) mass is 294 g/mol. The Hall–Kier alpha value is -2.33. The molecule has 0 fully saturated rings. The number of hydrogen-bond donors (Lipinski definition) is 1. The SMILES string of the molecule is CSc1nc(-c2ccccc2)cc(-c2cccc(O)c2)n1. The number of phenols is 1. The van der Waals surface area contributed by atoms with Gasteiger partial charge in [0, 0.05) is 11.1 Å². The largest absolute Gasteiger partial charge is 0.508 e. The lowest BCUT2D eigenvalue weighted by atomic mass is 10.1. The minimum Gasteiger partial charge on any atom is -0.508 e. The Labute approximate surface area is 127 Å². The van der Waals surface area contributed by atoms with E-state index in [0.717, 1.165) is 27.7 Å². The maximum atomic E-state index is 9.64. The molecular weight excluding hydrogens is 280 g/mol. The summed E-state index contributed by atoms with van der Waals surface area (Å²) >= 11 is 1.51. The Kier molecular flexibility index (Phi) is 3.88. The summed E-state index contributed by atoms with van der Waals surface area (Å²) in [5.41, 5.74) is 3.62. The van der Waals surface area contributed by atoms with Gasteiger partial charge in [-0.05, 0) is 24.5 Å². The Bertz CT molecular complexity index is 760. The minimum atomic E-state index is 0.234. The molecule has 0 radical (unpaired) electrons. The number of aromatic nitrogens is 2. The van der Waals surface area contributed by atoms with Crippen molar-refractivity contribution in [1.82, 2.24) is 9.97 Å². The Morgan fingerprint density at radius 3 is 2.14 bits per heavy atom. The van der Waals surface area contributed by atoms with Gasteiger partial charge >= 0.3 is 0 Å². The van der Waals surface area contributed by atoms with Crippen molar-refractivity contribution in [3.05, 3.63) is 60.7 Å². The summed E-state index contributed by atoms with van der Waals surface area (Å²) in [4.78, 5) is 9.09. The van der Waals surface area contributed by atoms with Crippen LogP contribution in [0, 0.1) is 0 Å². The number of phenolic OH excluding ortho intramolecular Hbond substituents is 1. The van der Waals surface area contributed by atoms with Crippen LogP contribution in [0.15, 0.2) is 65.8 Å². The molecule has 0 spiro atoms. The topological polar surface area (TPSA) is 46.0 Å². The lowest BCUT2D eigenvalue weighted by molar-refractivity contribution is 0.475. The second kappa shape index (κ2) is 5.97. The molecular formula is C17H14N2OS. The molecule has 4 heteroatoms. The van der Waals surface area contributed by atoms with E-state index in [1.54, 1.807) is 12.1 Å². The van der Waals surface area contributed by atoms with Crippen molar-refractivity contribution < 1.29 is 5.11 Å². The quantitative estimate of drug-likeness (QED) is 0.580. The van der Waals surface area contributed by atoms with E-state index in [9.17, 15) is 5.11 Å². The van der Waals surface area contributed by atoms with Crippen LogP contribution in [-0.2, 0) is 0 Å². The second-order valence-corrected chi connectivity index (χ2v) is 5.31. The van der Waals surface area contributed by atoms with Gasteiger partial charge in [0.1, 0.15) is 5.75 Å². The van der Waals surface area contributed by atoms with Crippen LogP contribution in [0.1, 0.15) is 0 Å². The van der Waals surface area contributed by atoms with Gasteiger partial charge in [-0.3, -0.25) is 0 Å². The Morgan fingerprint density at radius 1 is 0.810 bits per heavy atom. The molecule has 1 heterocycles. The summed E-state index contributed by atoms with van der Waals surface area (Å²) < 4.78 is 0. The highest BCUT2D eigenvalue weighted by atomic mass is 32.2. The lowest BCUT2D eigenvalue weighted by Gasteiger charge is -2.07. The van der Waals surface area contributed by atoms with Crippen LogP contribution in [0.4, 0.5) is 0 Å². The molecule has 1 aromatic heterocycles. The molecule has 0 amide bonds. The van der Waals surface area contributed by atoms with Gasteiger partial charge in [-0.1, -0.05) is 54.2 Å². The molecule has 104 valence electrons. The van der Waals surface area contributed by atoms with Crippen molar-refractivity contribution in [3.8, 4) is 28.3 Å². The van der Waals surface area contributed by atoms with E-state index in [2.05, 4.69) is 9.97 Å². The molecule has 3 nitrogen and oxygen atoms in total. The fraction of sp³-hybridized carbons (Fsp3) is 0.0588. The van der Waals surface area contributed by atoms with Crippen LogP contribution >= 0.6 is 11.8 Å². The number of benzene rings is 2. The number of nitrogens with zero attached hydrogens (tertiary/aromatic N) is 2. The second-order valence-electron chi connectivity index (χ2n) is 4.54. The maximum Gasteiger partial charge on any atom is 0.188 e. The minimum absolute atomic E-state index is 0.234. The van der Waals surface area contributed by atoms with Gasteiger partial charge in [-0.15, -0.1) is 0 Å². The molecule has 0 atom stereocenters. The van der Waals surface area contributed by atoms with E-state index in [0.29, 0.717) is 0 Å². The first-order valence-corrected chi connectivity index (χ1v) is 7.76. The van der Waals surface area contributed by atoms with Crippen molar-refractivity contribution in [2.45, 2.75) is 5.16 Å². The molecule has 0 aliphatic rings. The molecule has 1 N–H and O–H groups in total. The molecule has 0 saturated carbocycles. The summed E-state index contributed by atoms with van der Waals surface area (Å²) in [6, 6.07) is 19.1. The van der Waals surface area contributed by atoms with Crippen LogP contribution in [0.25, 0.3) is 22.5 Å². The summed E-state index contributed by atoms with van der Waals surface area (Å²) in [5.74, 6) is 0.234. The van der Waals surface area contributed by atoms with Crippen molar-refractivity contribution in [2.75, 3.05) is 6.26 Å². The number of hydrogen-bond acceptors (Lipinski definition) is 4. The van der Waals surface area contributed by atoms with Gasteiger partial charge in [0.2, 0.25) is 0 Å². The third-order valence-electron chi connectivity index (χ3n) is 3.10. The van der Waals surface area contributed by atoms with Gasteiger partial charge < -0.3 is 5.11 Å². The van der Waals surface area contributed by atoms with Crippen LogP contribution in [0.3, 0.4) is 0 Å². The van der Waals surface area contributed by atoms with E-state index >= 15 is 0 Å². The van der Waals surface area contributed by atoms with E-state index in [1.807, 2.05) is 54.8 Å². The van der Waals surface area contributed by atoms with Crippen LogP contribution < -0.4 is 0 Å². The number of rotatable bonds is 3. The highest BCUT2D eigenvalue weighted by molar-refractivity contribution is 7.98. The summed E-state index contributed by atoms with van der Waals surface area (Å²) in [5, 5.41) is 10.4. The average molecular weight is 294 g/mol. The van der Waals surface area contributed by atoms with Crippen LogP contribution in [0.2, 0.25) is 0 Å². The first-order chi connectivity index (χ1) is 10.3. The predicted octanol–water partition coefficient (Wildman–Crippen LogP) is 4.24. The third-order valence-corrected chi connectivity index (χ3v) is 3.65. The van der Waals surface area contributed by atoms with Gasteiger partial charge in [-0.2, -0.15) is 0 Å². The van der Waals surface area contributed by atoms with E-state index < -0.39 is 0 Å². The molecule has 2 aromatic carbocycles. The molecule has 0 unspecified atom stereocenters. The van der Waals surface area contributed by atoms with Crippen molar-refractivity contribution in [1.29, 1.82) is 0 Å². The van der Waals surface area contributed by atoms with Gasteiger partial charge in [0.05, 0.1) is 11.4 Å². The normalized spacial score (nSPS) is 10.5. The van der Waals surface area contributed by atoms with Gasteiger partial charge in [-0.25, -0.2) is 9.97 Å². The zero-order valence-corrected chi connectivity index (χ0v) is 12.3. The molecule has 0 aliphatic carbocycles. The zero-order valence-electron chi connectivity index (χ0n) is 11.5. The number of aromatic hydroxyl groups is 1. The first kappa shape index (κ1) is 13.6. The Balaban J connectivity index is 2.14. The summed E-state index contributed by atoms with van der Waals surface area (Å²) in [7, 11) is 0. The van der Waals surface area contributed by atoms with E-state index in [-0.39, 0.29) is 5.75 Å². The van der Waals surface area contributed by atoms with Crippen LogP contribution in [-0.4, -0.2) is 21.3 Å².